The van der Waals surface area contributed by atoms with E-state index < -0.39 is 23.1 Å². The molecule has 1 amide bonds. The lowest BCUT2D eigenvalue weighted by Gasteiger charge is -2.42. The first-order chi connectivity index (χ1) is 16.2. The fraction of sp³-hybridized carbons (Fsp3) is 0.357. The molecule has 3 N–H and O–H groups in total. The molecule has 2 aromatic carbocycles. The zero-order valence-corrected chi connectivity index (χ0v) is 19.6. The number of carbonyl (C=O) groups is 1. The van der Waals surface area contributed by atoms with Gasteiger partial charge < -0.3 is 10.8 Å². The van der Waals surface area contributed by atoms with Crippen molar-refractivity contribution in [3.05, 3.63) is 88.2 Å². The van der Waals surface area contributed by atoms with Gasteiger partial charge in [-0.2, -0.15) is 5.10 Å². The molecule has 0 saturated heterocycles. The van der Waals surface area contributed by atoms with E-state index in [0.29, 0.717) is 36.8 Å². The van der Waals surface area contributed by atoms with E-state index in [4.69, 9.17) is 5.73 Å². The predicted molar refractivity (Wildman–Crippen MR) is 130 cm³/mol. The highest BCUT2D eigenvalue weighted by molar-refractivity contribution is 5.80. The molecule has 0 spiro atoms. The molecule has 3 atom stereocenters. The van der Waals surface area contributed by atoms with Crippen molar-refractivity contribution in [2.24, 2.45) is 11.1 Å². The zero-order chi connectivity index (χ0) is 24.1. The number of carbonyl (C=O) groups excluding carboxylic acids is 1. The van der Waals surface area contributed by atoms with Gasteiger partial charge in [-0.3, -0.25) is 4.79 Å². The van der Waals surface area contributed by atoms with Gasteiger partial charge in [0.2, 0.25) is 6.17 Å². The Labute approximate surface area is 199 Å². The molecule has 0 radical (unpaired) electrons. The maximum atomic E-state index is 14.4. The van der Waals surface area contributed by atoms with Crippen LogP contribution in [0.2, 0.25) is 0 Å². The van der Waals surface area contributed by atoms with E-state index >= 15 is 0 Å². The number of hydrogen-bond acceptors (Lipinski definition) is 3. The zero-order valence-electron chi connectivity index (χ0n) is 19.6. The summed E-state index contributed by atoms with van der Waals surface area (Å²) in [5, 5.41) is 16.5. The standard InChI is InChI=1S/C28H30FN3O2/c1-18-7-9-22(10-8-18)32-24-15-21-12-14-28(34,27(21,2)16-20(24)17-31-32)13-11-19-5-3-4-6-23(19)25(29)26(30)33/h3-10,15,17,25,34H,11-14,16H2,1-2H3,(H2,30,33). The topological polar surface area (TPSA) is 81.1 Å². The van der Waals surface area contributed by atoms with Gasteiger partial charge in [0.05, 0.1) is 23.2 Å². The number of aryl methyl sites for hydroxylation is 2. The molecule has 1 aromatic heterocycles. The maximum Gasteiger partial charge on any atom is 0.256 e. The van der Waals surface area contributed by atoms with Crippen LogP contribution in [0.25, 0.3) is 11.8 Å². The van der Waals surface area contributed by atoms with Crippen LogP contribution < -0.4 is 5.73 Å². The number of nitrogens with zero attached hydrogens (tertiary/aromatic N) is 2. The summed E-state index contributed by atoms with van der Waals surface area (Å²) in [4.78, 5) is 11.4. The lowest BCUT2D eigenvalue weighted by atomic mass is 9.65. The minimum atomic E-state index is -1.84. The first kappa shape index (κ1) is 22.5. The van der Waals surface area contributed by atoms with Crippen molar-refractivity contribution in [2.45, 2.75) is 57.7 Å². The highest BCUT2D eigenvalue weighted by Gasteiger charge is 2.54. The van der Waals surface area contributed by atoms with E-state index in [2.05, 4.69) is 49.3 Å². The largest absolute Gasteiger partial charge is 0.389 e. The van der Waals surface area contributed by atoms with E-state index in [1.807, 2.05) is 23.0 Å². The van der Waals surface area contributed by atoms with Crippen LogP contribution >= 0.6 is 0 Å². The number of benzene rings is 2. The minimum Gasteiger partial charge on any atom is -0.389 e. The summed E-state index contributed by atoms with van der Waals surface area (Å²) in [6.07, 6.45) is 5.36. The summed E-state index contributed by atoms with van der Waals surface area (Å²) in [6.45, 7) is 4.19. The smallest absolute Gasteiger partial charge is 0.256 e. The molecule has 6 heteroatoms. The molecule has 176 valence electrons. The molecule has 1 fully saturated rings. The molecule has 3 aromatic rings. The molecule has 3 unspecified atom stereocenters. The van der Waals surface area contributed by atoms with Crippen LogP contribution in [0.1, 0.15) is 60.3 Å². The van der Waals surface area contributed by atoms with Gasteiger partial charge >= 0.3 is 0 Å². The third-order valence-corrected chi connectivity index (χ3v) is 7.95. The second-order valence-corrected chi connectivity index (χ2v) is 9.98. The van der Waals surface area contributed by atoms with E-state index in [1.54, 1.807) is 12.1 Å². The molecule has 5 rings (SSSR count). The Morgan fingerprint density at radius 1 is 1.24 bits per heavy atom. The molecular weight excluding hydrogens is 429 g/mol. The van der Waals surface area contributed by atoms with E-state index in [1.165, 1.54) is 11.1 Å². The first-order valence-corrected chi connectivity index (χ1v) is 11.8. The Balaban J connectivity index is 1.42. The van der Waals surface area contributed by atoms with Crippen LogP contribution in [0, 0.1) is 12.3 Å². The van der Waals surface area contributed by atoms with Crippen molar-refractivity contribution in [1.82, 2.24) is 9.78 Å². The molecule has 2 aliphatic rings. The van der Waals surface area contributed by atoms with Gasteiger partial charge in [0, 0.05) is 5.41 Å². The normalized spacial score (nSPS) is 24.3. The van der Waals surface area contributed by atoms with Crippen LogP contribution in [0.4, 0.5) is 4.39 Å². The van der Waals surface area contributed by atoms with Crippen molar-refractivity contribution in [1.29, 1.82) is 0 Å². The van der Waals surface area contributed by atoms with Gasteiger partial charge in [-0.05, 0) is 73.9 Å². The molecule has 0 bridgehead atoms. The van der Waals surface area contributed by atoms with Crippen molar-refractivity contribution < 1.29 is 14.3 Å². The van der Waals surface area contributed by atoms with Gasteiger partial charge in [0.15, 0.2) is 0 Å². The molecule has 5 nitrogen and oxygen atoms in total. The van der Waals surface area contributed by atoms with Crippen molar-refractivity contribution in [2.75, 3.05) is 0 Å². The number of primary amides is 1. The number of nitrogens with two attached hydrogens (primary N) is 1. The van der Waals surface area contributed by atoms with Crippen molar-refractivity contribution in [3.63, 3.8) is 0 Å². The highest BCUT2D eigenvalue weighted by Crippen LogP contribution is 2.57. The molecule has 1 heterocycles. The fourth-order valence-corrected chi connectivity index (χ4v) is 5.73. The predicted octanol–water partition coefficient (Wildman–Crippen LogP) is 4.78. The summed E-state index contributed by atoms with van der Waals surface area (Å²) < 4.78 is 16.4. The van der Waals surface area contributed by atoms with Gasteiger partial charge in [-0.25, -0.2) is 9.07 Å². The van der Waals surface area contributed by atoms with Gasteiger partial charge in [-0.15, -0.1) is 0 Å². The average Bonchev–Trinajstić information content (AvgIpc) is 3.34. The molecule has 0 aliphatic heterocycles. The first-order valence-electron chi connectivity index (χ1n) is 11.8. The Morgan fingerprint density at radius 3 is 2.71 bits per heavy atom. The maximum absolute atomic E-state index is 14.4. The number of aromatic nitrogens is 2. The second kappa shape index (κ2) is 8.20. The van der Waals surface area contributed by atoms with Crippen LogP contribution in [0.15, 0.2) is 60.3 Å². The van der Waals surface area contributed by atoms with Gasteiger partial charge in [0.1, 0.15) is 0 Å². The fourth-order valence-electron chi connectivity index (χ4n) is 5.73. The third-order valence-electron chi connectivity index (χ3n) is 7.95. The summed E-state index contributed by atoms with van der Waals surface area (Å²) >= 11 is 0. The summed E-state index contributed by atoms with van der Waals surface area (Å²) in [5.41, 5.74) is 10.5. The highest BCUT2D eigenvalue weighted by atomic mass is 19.1. The van der Waals surface area contributed by atoms with E-state index in [0.717, 1.165) is 23.4 Å². The van der Waals surface area contributed by atoms with E-state index in [-0.39, 0.29) is 0 Å². The van der Waals surface area contributed by atoms with Crippen LogP contribution in [0.5, 0.6) is 0 Å². The Kier molecular flexibility index (Phi) is 5.44. The summed E-state index contributed by atoms with van der Waals surface area (Å²) in [5.74, 6) is -0.991. The van der Waals surface area contributed by atoms with Crippen LogP contribution in [-0.2, 0) is 17.6 Å². The Hall–Kier alpha value is -3.25. The number of rotatable bonds is 6. The number of hydrogen-bond donors (Lipinski definition) is 2. The molecule has 2 aliphatic carbocycles. The second-order valence-electron chi connectivity index (χ2n) is 9.98. The lowest BCUT2D eigenvalue weighted by Crippen LogP contribution is -2.45. The third kappa shape index (κ3) is 3.57. The number of aliphatic hydroxyl groups is 1. The molecular formula is C28H30FN3O2. The van der Waals surface area contributed by atoms with Crippen molar-refractivity contribution >= 4 is 12.0 Å². The summed E-state index contributed by atoms with van der Waals surface area (Å²) in [7, 11) is 0. The number of alkyl halides is 1. The summed E-state index contributed by atoms with van der Waals surface area (Å²) in [6, 6.07) is 15.2. The lowest BCUT2D eigenvalue weighted by molar-refractivity contribution is -0.122. The monoisotopic (exact) mass is 459 g/mol. The number of halogens is 1. The Bertz CT molecular complexity index is 1280. The molecule has 34 heavy (non-hydrogen) atoms. The van der Waals surface area contributed by atoms with Gasteiger partial charge in [-0.1, -0.05) is 54.5 Å². The van der Waals surface area contributed by atoms with Crippen LogP contribution in [0.3, 0.4) is 0 Å². The quantitative estimate of drug-likeness (QED) is 0.557. The number of amides is 1. The molecule has 1 saturated carbocycles. The average molecular weight is 460 g/mol. The number of fused-ring (bicyclic) bond motifs is 2. The van der Waals surface area contributed by atoms with Crippen LogP contribution in [-0.4, -0.2) is 26.4 Å². The van der Waals surface area contributed by atoms with Crippen molar-refractivity contribution in [3.8, 4) is 5.69 Å². The van der Waals surface area contributed by atoms with Gasteiger partial charge in [0.25, 0.3) is 5.91 Å². The Morgan fingerprint density at radius 2 is 1.97 bits per heavy atom. The minimum absolute atomic E-state index is 0.294. The SMILES string of the molecule is Cc1ccc(-n2ncc3c2C=C2CCC(O)(CCc4ccccc4C(F)C(N)=O)C2(C)C3)cc1. The van der Waals surface area contributed by atoms with E-state index in [9.17, 15) is 14.3 Å².